The summed E-state index contributed by atoms with van der Waals surface area (Å²) in [5.74, 6) is -0.119. The van der Waals surface area contributed by atoms with Crippen LogP contribution in [0.3, 0.4) is 0 Å². The van der Waals surface area contributed by atoms with Gasteiger partial charge in [0.25, 0.3) is 0 Å². The summed E-state index contributed by atoms with van der Waals surface area (Å²) in [4.78, 5) is 14.2. The minimum Gasteiger partial charge on any atom is -0.367 e. The number of halogens is 4. The van der Waals surface area contributed by atoms with E-state index in [4.69, 9.17) is 11.6 Å². The molecule has 1 unspecified atom stereocenters. The number of nitrogens with one attached hydrogen (secondary N) is 1. The Kier molecular flexibility index (Phi) is 6.04. The standard InChI is InChI=1S/C22H26ClF3N2O/c1-21(2,3)12-19(29)27-20-17(22(24,25)26)10-16(11-18(20)23)28-9-8-14-6-4-5-7-15(14)13-28/h4,6-7,10-11,14H,5,8-9,12-13H2,1-3H3,(H,27,29). The van der Waals surface area contributed by atoms with Gasteiger partial charge in [-0.2, -0.15) is 13.2 Å². The number of carbonyl (C=O) groups is 1. The topological polar surface area (TPSA) is 32.3 Å². The Morgan fingerprint density at radius 2 is 2.00 bits per heavy atom. The van der Waals surface area contributed by atoms with E-state index in [0.29, 0.717) is 24.7 Å². The average Bonchev–Trinajstić information content (AvgIpc) is 2.60. The van der Waals surface area contributed by atoms with Crippen molar-refractivity contribution in [2.24, 2.45) is 11.3 Å². The monoisotopic (exact) mass is 426 g/mol. The van der Waals surface area contributed by atoms with E-state index in [1.165, 1.54) is 11.6 Å². The minimum absolute atomic E-state index is 0.0948. The van der Waals surface area contributed by atoms with Crippen molar-refractivity contribution in [3.63, 3.8) is 0 Å². The fraction of sp³-hybridized carbons (Fsp3) is 0.500. The van der Waals surface area contributed by atoms with E-state index in [-0.39, 0.29) is 22.5 Å². The molecule has 1 aromatic rings. The molecule has 3 nitrogen and oxygen atoms in total. The number of hydrogen-bond acceptors (Lipinski definition) is 2. The molecule has 0 spiro atoms. The highest BCUT2D eigenvalue weighted by Gasteiger charge is 2.37. The van der Waals surface area contributed by atoms with Crippen LogP contribution in [0.5, 0.6) is 0 Å². The van der Waals surface area contributed by atoms with Gasteiger partial charge in [-0.25, -0.2) is 0 Å². The minimum atomic E-state index is -4.63. The molecule has 0 bridgehead atoms. The van der Waals surface area contributed by atoms with Crippen molar-refractivity contribution in [1.29, 1.82) is 0 Å². The number of alkyl halides is 3. The summed E-state index contributed by atoms with van der Waals surface area (Å²) in [5.41, 5.74) is 0.0197. The number of amides is 1. The molecule has 1 heterocycles. The Bertz CT molecular complexity index is 853. The number of benzene rings is 1. The summed E-state index contributed by atoms with van der Waals surface area (Å²) in [6, 6.07) is 2.61. The van der Waals surface area contributed by atoms with Crippen LogP contribution < -0.4 is 10.2 Å². The van der Waals surface area contributed by atoms with Crippen LogP contribution in [0.4, 0.5) is 24.5 Å². The van der Waals surface area contributed by atoms with E-state index in [1.54, 1.807) is 0 Å². The van der Waals surface area contributed by atoms with Crippen molar-refractivity contribution in [2.45, 2.75) is 46.2 Å². The van der Waals surface area contributed by atoms with E-state index in [1.807, 2.05) is 25.7 Å². The lowest BCUT2D eigenvalue weighted by Gasteiger charge is -2.36. The van der Waals surface area contributed by atoms with E-state index in [9.17, 15) is 18.0 Å². The predicted molar refractivity (Wildman–Crippen MR) is 111 cm³/mol. The third-order valence-electron chi connectivity index (χ3n) is 5.15. The van der Waals surface area contributed by atoms with Gasteiger partial charge in [0.2, 0.25) is 5.91 Å². The first-order valence-electron chi connectivity index (χ1n) is 9.75. The number of fused-ring (bicyclic) bond motifs is 1. The summed E-state index contributed by atoms with van der Waals surface area (Å²) in [5, 5.41) is 2.29. The highest BCUT2D eigenvalue weighted by Crippen LogP contribution is 2.43. The number of piperidine rings is 1. The Balaban J connectivity index is 1.90. The third kappa shape index (κ3) is 5.35. The van der Waals surface area contributed by atoms with Crippen LogP contribution in [0, 0.1) is 11.3 Å². The quantitative estimate of drug-likeness (QED) is 0.563. The van der Waals surface area contributed by atoms with Gasteiger partial charge in [-0.05, 0) is 36.0 Å². The van der Waals surface area contributed by atoms with Crippen LogP contribution in [-0.4, -0.2) is 19.0 Å². The number of anilines is 2. The normalized spacial score (nSPS) is 19.6. The maximum atomic E-state index is 13.8. The SMILES string of the molecule is CC(C)(C)CC(=O)Nc1c(Cl)cc(N2CCC3C=CCC=C3C2)cc1C(F)(F)F. The molecular weight excluding hydrogens is 401 g/mol. The van der Waals surface area contributed by atoms with Gasteiger partial charge in [0.1, 0.15) is 0 Å². The molecular formula is C22H26ClF3N2O. The zero-order valence-corrected chi connectivity index (χ0v) is 17.6. The fourth-order valence-corrected chi connectivity index (χ4v) is 4.07. The number of allylic oxidation sites excluding steroid dienone is 3. The van der Waals surface area contributed by atoms with Gasteiger partial charge in [-0.15, -0.1) is 0 Å². The fourth-order valence-electron chi connectivity index (χ4n) is 3.81. The lowest BCUT2D eigenvalue weighted by molar-refractivity contribution is -0.136. The van der Waals surface area contributed by atoms with Gasteiger partial charge < -0.3 is 10.2 Å². The summed E-state index contributed by atoms with van der Waals surface area (Å²) in [6.07, 6.45) is 3.61. The molecule has 158 valence electrons. The largest absolute Gasteiger partial charge is 0.418 e. The van der Waals surface area contributed by atoms with Gasteiger partial charge >= 0.3 is 6.18 Å². The van der Waals surface area contributed by atoms with Crippen molar-refractivity contribution in [1.82, 2.24) is 0 Å². The first kappa shape index (κ1) is 21.8. The lowest BCUT2D eigenvalue weighted by atomic mass is 9.87. The maximum absolute atomic E-state index is 13.8. The van der Waals surface area contributed by atoms with Crippen molar-refractivity contribution in [3.8, 4) is 0 Å². The molecule has 7 heteroatoms. The summed E-state index contributed by atoms with van der Waals surface area (Å²) in [6.45, 7) is 6.77. The average molecular weight is 427 g/mol. The number of nitrogens with zero attached hydrogens (tertiary/aromatic N) is 1. The molecule has 1 fully saturated rings. The molecule has 1 aliphatic carbocycles. The molecule has 1 atom stereocenters. The van der Waals surface area contributed by atoms with Gasteiger partial charge in [-0.1, -0.05) is 50.6 Å². The predicted octanol–water partition coefficient (Wildman–Crippen LogP) is 6.45. The van der Waals surface area contributed by atoms with E-state index < -0.39 is 17.6 Å². The Hall–Kier alpha value is -1.95. The highest BCUT2D eigenvalue weighted by molar-refractivity contribution is 6.34. The summed E-state index contributed by atoms with van der Waals surface area (Å²) < 4.78 is 41.4. The van der Waals surface area contributed by atoms with Gasteiger partial charge in [0, 0.05) is 31.1 Å². The zero-order valence-electron chi connectivity index (χ0n) is 16.9. The van der Waals surface area contributed by atoms with Crippen LogP contribution in [0.15, 0.2) is 35.9 Å². The third-order valence-corrected chi connectivity index (χ3v) is 5.44. The Morgan fingerprint density at radius 3 is 2.66 bits per heavy atom. The van der Waals surface area contributed by atoms with E-state index in [2.05, 4.69) is 23.5 Å². The second-order valence-electron chi connectivity index (χ2n) is 8.89. The van der Waals surface area contributed by atoms with Crippen molar-refractivity contribution in [3.05, 3.63) is 46.5 Å². The number of carbonyl (C=O) groups excluding carboxylic acids is 1. The van der Waals surface area contributed by atoms with Crippen LogP contribution in [-0.2, 0) is 11.0 Å². The molecule has 0 radical (unpaired) electrons. The number of rotatable bonds is 3. The van der Waals surface area contributed by atoms with Crippen molar-refractivity contribution >= 4 is 28.9 Å². The Labute approximate surface area is 174 Å². The van der Waals surface area contributed by atoms with E-state index in [0.717, 1.165) is 18.9 Å². The first-order valence-corrected chi connectivity index (χ1v) is 10.1. The van der Waals surface area contributed by atoms with Crippen molar-refractivity contribution in [2.75, 3.05) is 23.3 Å². The molecule has 1 saturated heterocycles. The zero-order chi connectivity index (χ0) is 21.4. The van der Waals surface area contributed by atoms with Crippen LogP contribution in [0.1, 0.15) is 45.6 Å². The molecule has 1 N–H and O–H groups in total. The molecule has 2 aliphatic rings. The van der Waals surface area contributed by atoms with Crippen LogP contribution >= 0.6 is 11.6 Å². The van der Waals surface area contributed by atoms with E-state index >= 15 is 0 Å². The number of hydrogen-bond donors (Lipinski definition) is 1. The highest BCUT2D eigenvalue weighted by atomic mass is 35.5. The van der Waals surface area contributed by atoms with Crippen LogP contribution in [0.2, 0.25) is 5.02 Å². The lowest BCUT2D eigenvalue weighted by Crippen LogP contribution is -2.35. The second-order valence-corrected chi connectivity index (χ2v) is 9.30. The van der Waals surface area contributed by atoms with Crippen molar-refractivity contribution < 1.29 is 18.0 Å². The molecule has 1 amide bonds. The van der Waals surface area contributed by atoms with Gasteiger partial charge in [0.05, 0.1) is 16.3 Å². The molecule has 0 saturated carbocycles. The Morgan fingerprint density at radius 1 is 1.28 bits per heavy atom. The summed E-state index contributed by atoms with van der Waals surface area (Å²) >= 11 is 6.25. The molecule has 0 aromatic heterocycles. The first-order chi connectivity index (χ1) is 13.4. The molecule has 29 heavy (non-hydrogen) atoms. The van der Waals surface area contributed by atoms with Gasteiger partial charge in [0.15, 0.2) is 0 Å². The molecule has 1 aliphatic heterocycles. The second kappa shape index (κ2) is 8.05. The molecule has 1 aromatic carbocycles. The summed E-state index contributed by atoms with van der Waals surface area (Å²) in [7, 11) is 0. The smallest absolute Gasteiger partial charge is 0.367 e. The molecule has 3 rings (SSSR count). The van der Waals surface area contributed by atoms with Gasteiger partial charge in [-0.3, -0.25) is 4.79 Å². The van der Waals surface area contributed by atoms with Crippen LogP contribution in [0.25, 0.3) is 0 Å². The maximum Gasteiger partial charge on any atom is 0.418 e.